The summed E-state index contributed by atoms with van der Waals surface area (Å²) in [4.78, 5) is 21.3. The largest absolute Gasteiger partial charge is 0.474 e. The summed E-state index contributed by atoms with van der Waals surface area (Å²) >= 11 is 0. The quantitative estimate of drug-likeness (QED) is 0.942. The number of nitrogens with one attached hydrogen (secondary N) is 1. The number of hydrogen-bond acceptors (Lipinski definition) is 3. The Labute approximate surface area is 124 Å². The molecule has 21 heavy (non-hydrogen) atoms. The molecule has 0 radical (unpaired) electrons. The molecular weight excluding hydrogens is 266 g/mol. The minimum Gasteiger partial charge on any atom is -0.474 e. The molecule has 5 nitrogen and oxygen atoms in total. The van der Waals surface area contributed by atoms with Crippen molar-refractivity contribution < 1.29 is 9.53 Å². The van der Waals surface area contributed by atoms with Crippen molar-refractivity contribution in [2.75, 3.05) is 13.1 Å². The zero-order valence-electron chi connectivity index (χ0n) is 12.1. The Morgan fingerprint density at radius 2 is 2.14 bits per heavy atom. The summed E-state index contributed by atoms with van der Waals surface area (Å²) in [5.41, 5.74) is 1.77. The molecule has 0 unspecified atom stereocenters. The summed E-state index contributed by atoms with van der Waals surface area (Å²) in [5, 5.41) is 0. The molecule has 1 amide bonds. The molecule has 2 aromatic rings. The van der Waals surface area contributed by atoms with Crippen LogP contribution in [0.15, 0.2) is 36.7 Å². The number of aromatic nitrogens is 2. The molecule has 1 aliphatic heterocycles. The first kappa shape index (κ1) is 13.7. The van der Waals surface area contributed by atoms with Crippen molar-refractivity contribution in [3.8, 4) is 5.88 Å². The second-order valence-corrected chi connectivity index (χ2v) is 5.37. The zero-order chi connectivity index (χ0) is 14.7. The lowest BCUT2D eigenvalue weighted by Crippen LogP contribution is -2.42. The highest BCUT2D eigenvalue weighted by Gasteiger charge is 2.25. The standard InChI is InChI=1S/C16H19N3O2/c1-12-4-5-15(18-11-12)21-13-6-9-19(10-7-13)16(20)14-3-2-8-17-14/h2-5,8,11,13,17H,6-7,9-10H2,1H3. The minimum absolute atomic E-state index is 0.0620. The summed E-state index contributed by atoms with van der Waals surface area (Å²) in [7, 11) is 0. The van der Waals surface area contributed by atoms with Crippen LogP contribution >= 0.6 is 0 Å². The lowest BCUT2D eigenvalue weighted by Gasteiger charge is -2.31. The maximum Gasteiger partial charge on any atom is 0.270 e. The van der Waals surface area contributed by atoms with E-state index in [0.29, 0.717) is 24.7 Å². The Balaban J connectivity index is 1.53. The van der Waals surface area contributed by atoms with Crippen LogP contribution in [-0.4, -0.2) is 40.0 Å². The zero-order valence-corrected chi connectivity index (χ0v) is 12.1. The number of carbonyl (C=O) groups is 1. The molecule has 3 rings (SSSR count). The van der Waals surface area contributed by atoms with E-state index in [4.69, 9.17) is 4.74 Å². The number of rotatable bonds is 3. The molecule has 0 aliphatic carbocycles. The predicted octanol–water partition coefficient (Wildman–Crippen LogP) is 2.40. The van der Waals surface area contributed by atoms with Gasteiger partial charge in [0.15, 0.2) is 0 Å². The van der Waals surface area contributed by atoms with E-state index in [2.05, 4.69) is 9.97 Å². The molecule has 0 spiro atoms. The molecule has 1 saturated heterocycles. The first-order valence-electron chi connectivity index (χ1n) is 7.24. The third kappa shape index (κ3) is 3.24. The Bertz CT molecular complexity index is 584. The molecule has 0 aromatic carbocycles. The molecule has 0 saturated carbocycles. The maximum absolute atomic E-state index is 12.2. The molecule has 110 valence electrons. The van der Waals surface area contributed by atoms with E-state index in [1.165, 1.54) is 0 Å². The van der Waals surface area contributed by atoms with Crippen molar-refractivity contribution in [1.82, 2.24) is 14.9 Å². The molecule has 1 N–H and O–H groups in total. The second-order valence-electron chi connectivity index (χ2n) is 5.37. The van der Waals surface area contributed by atoms with Gasteiger partial charge in [-0.3, -0.25) is 4.79 Å². The summed E-state index contributed by atoms with van der Waals surface area (Å²) in [6.45, 7) is 3.43. The lowest BCUT2D eigenvalue weighted by atomic mass is 10.1. The summed E-state index contributed by atoms with van der Waals surface area (Å²) in [6, 6.07) is 7.53. The monoisotopic (exact) mass is 285 g/mol. The van der Waals surface area contributed by atoms with Crippen molar-refractivity contribution in [2.45, 2.75) is 25.9 Å². The van der Waals surface area contributed by atoms with Crippen LogP contribution in [-0.2, 0) is 0 Å². The topological polar surface area (TPSA) is 58.2 Å². The molecular formula is C16H19N3O2. The summed E-state index contributed by atoms with van der Waals surface area (Å²) in [5.74, 6) is 0.724. The fourth-order valence-electron chi connectivity index (χ4n) is 2.51. The first-order valence-corrected chi connectivity index (χ1v) is 7.24. The lowest BCUT2D eigenvalue weighted by molar-refractivity contribution is 0.0583. The minimum atomic E-state index is 0.0620. The molecule has 3 heterocycles. The SMILES string of the molecule is Cc1ccc(OC2CCN(C(=O)c3ccc[nH]3)CC2)nc1. The van der Waals surface area contributed by atoms with Crippen LogP contribution in [0.4, 0.5) is 0 Å². The number of H-pyrrole nitrogens is 1. The number of likely N-dealkylation sites (tertiary alicyclic amines) is 1. The van der Waals surface area contributed by atoms with Gasteiger partial charge in [0.05, 0.1) is 0 Å². The van der Waals surface area contributed by atoms with E-state index >= 15 is 0 Å². The first-order chi connectivity index (χ1) is 10.2. The van der Waals surface area contributed by atoms with Crippen LogP contribution in [0.2, 0.25) is 0 Å². The van der Waals surface area contributed by atoms with Crippen molar-refractivity contribution in [1.29, 1.82) is 0 Å². The van der Waals surface area contributed by atoms with Crippen LogP contribution in [0.1, 0.15) is 28.9 Å². The van der Waals surface area contributed by atoms with Gasteiger partial charge in [0, 0.05) is 44.4 Å². The van der Waals surface area contributed by atoms with Crippen molar-refractivity contribution in [3.05, 3.63) is 47.9 Å². The number of ether oxygens (including phenoxy) is 1. The number of piperidine rings is 1. The van der Waals surface area contributed by atoms with Crippen LogP contribution in [0.3, 0.4) is 0 Å². The highest BCUT2D eigenvalue weighted by Crippen LogP contribution is 2.18. The van der Waals surface area contributed by atoms with Crippen LogP contribution in [0, 0.1) is 6.92 Å². The number of amides is 1. The highest BCUT2D eigenvalue weighted by molar-refractivity contribution is 5.92. The van der Waals surface area contributed by atoms with E-state index < -0.39 is 0 Å². The van der Waals surface area contributed by atoms with Gasteiger partial charge in [0.25, 0.3) is 5.91 Å². The van der Waals surface area contributed by atoms with E-state index in [-0.39, 0.29) is 12.0 Å². The molecule has 1 fully saturated rings. The second kappa shape index (κ2) is 5.99. The van der Waals surface area contributed by atoms with E-state index in [0.717, 1.165) is 18.4 Å². The molecule has 2 aromatic heterocycles. The smallest absolute Gasteiger partial charge is 0.270 e. The van der Waals surface area contributed by atoms with E-state index in [9.17, 15) is 4.79 Å². The van der Waals surface area contributed by atoms with Gasteiger partial charge in [0.1, 0.15) is 11.8 Å². The van der Waals surface area contributed by atoms with Gasteiger partial charge in [-0.15, -0.1) is 0 Å². The van der Waals surface area contributed by atoms with Crippen LogP contribution in [0.5, 0.6) is 5.88 Å². The van der Waals surface area contributed by atoms with Crippen LogP contribution < -0.4 is 4.74 Å². The third-order valence-corrected chi connectivity index (χ3v) is 3.73. The van der Waals surface area contributed by atoms with E-state index in [1.54, 1.807) is 18.5 Å². The Morgan fingerprint density at radius 1 is 1.33 bits per heavy atom. The molecule has 0 bridgehead atoms. The number of carbonyl (C=O) groups excluding carboxylic acids is 1. The average molecular weight is 285 g/mol. The Kier molecular flexibility index (Phi) is 3.90. The van der Waals surface area contributed by atoms with Gasteiger partial charge >= 0.3 is 0 Å². The maximum atomic E-state index is 12.2. The van der Waals surface area contributed by atoms with Crippen LogP contribution in [0.25, 0.3) is 0 Å². The predicted molar refractivity (Wildman–Crippen MR) is 79.3 cm³/mol. The number of hydrogen-bond donors (Lipinski definition) is 1. The fourth-order valence-corrected chi connectivity index (χ4v) is 2.51. The molecule has 0 atom stereocenters. The Hall–Kier alpha value is -2.30. The van der Waals surface area contributed by atoms with Gasteiger partial charge in [-0.05, 0) is 24.6 Å². The van der Waals surface area contributed by atoms with Crippen molar-refractivity contribution in [3.63, 3.8) is 0 Å². The van der Waals surface area contributed by atoms with Gasteiger partial charge in [-0.1, -0.05) is 6.07 Å². The number of aryl methyl sites for hydroxylation is 1. The van der Waals surface area contributed by atoms with Gasteiger partial charge < -0.3 is 14.6 Å². The number of pyridine rings is 1. The van der Waals surface area contributed by atoms with E-state index in [1.807, 2.05) is 30.0 Å². The van der Waals surface area contributed by atoms with Gasteiger partial charge in [-0.2, -0.15) is 0 Å². The fraction of sp³-hybridized carbons (Fsp3) is 0.375. The summed E-state index contributed by atoms with van der Waals surface area (Å²) < 4.78 is 5.87. The normalized spacial score (nSPS) is 16.0. The number of aromatic amines is 1. The molecule has 1 aliphatic rings. The average Bonchev–Trinajstić information content (AvgIpc) is 3.04. The summed E-state index contributed by atoms with van der Waals surface area (Å²) in [6.07, 6.45) is 5.38. The Morgan fingerprint density at radius 3 is 2.76 bits per heavy atom. The van der Waals surface area contributed by atoms with Crippen molar-refractivity contribution >= 4 is 5.91 Å². The van der Waals surface area contributed by atoms with Crippen molar-refractivity contribution in [2.24, 2.45) is 0 Å². The number of nitrogens with zero attached hydrogens (tertiary/aromatic N) is 2. The highest BCUT2D eigenvalue weighted by atomic mass is 16.5. The third-order valence-electron chi connectivity index (χ3n) is 3.73. The molecule has 5 heteroatoms. The van der Waals surface area contributed by atoms with Gasteiger partial charge in [0.2, 0.25) is 5.88 Å². The van der Waals surface area contributed by atoms with Gasteiger partial charge in [-0.25, -0.2) is 4.98 Å².